The molecule has 1 fully saturated rings. The Hall–Kier alpha value is -0.910. The number of hydrogen-bond acceptors (Lipinski definition) is 4. The maximum absolute atomic E-state index is 5.73. The van der Waals surface area contributed by atoms with Crippen molar-refractivity contribution in [3.8, 4) is 0 Å². The molecule has 4 nitrogen and oxygen atoms in total. The van der Waals surface area contributed by atoms with Gasteiger partial charge in [-0.3, -0.25) is 4.40 Å². The van der Waals surface area contributed by atoms with Crippen molar-refractivity contribution in [3.05, 3.63) is 23.5 Å². The molecule has 0 amide bonds. The number of hydrogen-bond donors (Lipinski definition) is 1. The molecule has 18 heavy (non-hydrogen) atoms. The molecule has 0 saturated carbocycles. The van der Waals surface area contributed by atoms with Gasteiger partial charge in [-0.15, -0.1) is 11.3 Å². The molecule has 2 aromatic heterocycles. The van der Waals surface area contributed by atoms with E-state index in [2.05, 4.69) is 40.1 Å². The second-order valence-corrected chi connectivity index (χ2v) is 6.38. The molecule has 0 bridgehead atoms. The number of fused-ring (bicyclic) bond motifs is 1. The molecule has 5 heteroatoms. The lowest BCUT2D eigenvalue weighted by atomic mass is 9.94. The highest BCUT2D eigenvalue weighted by atomic mass is 32.1. The van der Waals surface area contributed by atoms with Crippen LogP contribution in [0.3, 0.4) is 0 Å². The SMILES string of the molecule is CC1(C)CC(NCc2cn3ccsc3n2)CCO1. The van der Waals surface area contributed by atoms with E-state index in [-0.39, 0.29) is 5.60 Å². The summed E-state index contributed by atoms with van der Waals surface area (Å²) in [5.74, 6) is 0. The topological polar surface area (TPSA) is 38.6 Å². The summed E-state index contributed by atoms with van der Waals surface area (Å²) in [6.07, 6.45) is 6.30. The number of thiazole rings is 1. The fraction of sp³-hybridized carbons (Fsp3) is 0.615. The predicted octanol–water partition coefficient (Wildman–Crippen LogP) is 2.44. The van der Waals surface area contributed by atoms with Crippen LogP contribution in [0.15, 0.2) is 17.8 Å². The first-order chi connectivity index (χ1) is 8.62. The Labute approximate surface area is 111 Å². The van der Waals surface area contributed by atoms with E-state index in [4.69, 9.17) is 4.74 Å². The first kappa shape index (κ1) is 12.1. The van der Waals surface area contributed by atoms with Gasteiger partial charge >= 0.3 is 0 Å². The zero-order valence-electron chi connectivity index (χ0n) is 10.8. The molecular formula is C13H19N3OS. The molecule has 2 aromatic rings. The molecule has 1 aliphatic rings. The second-order valence-electron chi connectivity index (χ2n) is 5.50. The van der Waals surface area contributed by atoms with Gasteiger partial charge in [-0.25, -0.2) is 4.98 Å². The highest BCUT2D eigenvalue weighted by Crippen LogP contribution is 2.24. The molecule has 1 saturated heterocycles. The van der Waals surface area contributed by atoms with Crippen LogP contribution in [0, 0.1) is 0 Å². The van der Waals surface area contributed by atoms with Crippen LogP contribution in [-0.2, 0) is 11.3 Å². The van der Waals surface area contributed by atoms with Gasteiger partial charge in [-0.05, 0) is 26.7 Å². The summed E-state index contributed by atoms with van der Waals surface area (Å²) in [5.41, 5.74) is 1.12. The third-order valence-corrected chi connectivity index (χ3v) is 4.18. The Morgan fingerprint density at radius 1 is 1.61 bits per heavy atom. The van der Waals surface area contributed by atoms with E-state index in [0.29, 0.717) is 6.04 Å². The largest absolute Gasteiger partial charge is 0.375 e. The van der Waals surface area contributed by atoms with Crippen molar-refractivity contribution < 1.29 is 4.74 Å². The molecule has 0 aliphatic carbocycles. The van der Waals surface area contributed by atoms with E-state index in [0.717, 1.165) is 36.6 Å². The highest BCUT2D eigenvalue weighted by molar-refractivity contribution is 7.15. The van der Waals surface area contributed by atoms with Gasteiger partial charge in [0.05, 0.1) is 11.3 Å². The summed E-state index contributed by atoms with van der Waals surface area (Å²) in [7, 11) is 0. The molecule has 0 aromatic carbocycles. The average Bonchev–Trinajstić information content (AvgIpc) is 2.85. The molecule has 1 aliphatic heterocycles. The third-order valence-electron chi connectivity index (χ3n) is 3.41. The van der Waals surface area contributed by atoms with Gasteiger partial charge in [0.25, 0.3) is 0 Å². The Morgan fingerprint density at radius 3 is 3.28 bits per heavy atom. The molecule has 3 heterocycles. The number of nitrogens with zero attached hydrogens (tertiary/aromatic N) is 2. The average molecular weight is 265 g/mol. The van der Waals surface area contributed by atoms with Crippen molar-refractivity contribution in [1.29, 1.82) is 0 Å². The zero-order chi connectivity index (χ0) is 12.6. The summed E-state index contributed by atoms with van der Waals surface area (Å²) in [4.78, 5) is 5.65. The Balaban J connectivity index is 1.59. The maximum atomic E-state index is 5.73. The quantitative estimate of drug-likeness (QED) is 0.926. The molecule has 0 spiro atoms. The lowest BCUT2D eigenvalue weighted by Gasteiger charge is -2.35. The predicted molar refractivity (Wildman–Crippen MR) is 73.0 cm³/mol. The maximum Gasteiger partial charge on any atom is 0.193 e. The summed E-state index contributed by atoms with van der Waals surface area (Å²) in [6, 6.07) is 0.536. The second kappa shape index (κ2) is 4.64. The number of rotatable bonds is 3. The van der Waals surface area contributed by atoms with Gasteiger partial charge in [-0.2, -0.15) is 0 Å². The van der Waals surface area contributed by atoms with E-state index in [9.17, 15) is 0 Å². The molecule has 0 radical (unpaired) electrons. The fourth-order valence-electron chi connectivity index (χ4n) is 2.52. The third kappa shape index (κ3) is 2.58. The summed E-state index contributed by atoms with van der Waals surface area (Å²) >= 11 is 1.67. The monoisotopic (exact) mass is 265 g/mol. The molecular weight excluding hydrogens is 246 g/mol. The molecule has 3 rings (SSSR count). The van der Waals surface area contributed by atoms with E-state index < -0.39 is 0 Å². The van der Waals surface area contributed by atoms with Gasteiger partial charge in [0.2, 0.25) is 0 Å². The van der Waals surface area contributed by atoms with E-state index in [1.54, 1.807) is 11.3 Å². The van der Waals surface area contributed by atoms with Crippen LogP contribution in [0.4, 0.5) is 0 Å². The standard InChI is InChI=1S/C13H19N3OS/c1-13(2)7-10(3-5-17-13)14-8-11-9-16-4-6-18-12(16)15-11/h4,6,9-10,14H,3,5,7-8H2,1-2H3. The van der Waals surface area contributed by atoms with Crippen LogP contribution in [0.1, 0.15) is 32.4 Å². The summed E-state index contributed by atoms with van der Waals surface area (Å²) < 4.78 is 7.80. The molecule has 1 atom stereocenters. The van der Waals surface area contributed by atoms with Gasteiger partial charge < -0.3 is 10.1 Å². The van der Waals surface area contributed by atoms with Crippen molar-refractivity contribution in [2.24, 2.45) is 0 Å². The van der Waals surface area contributed by atoms with E-state index in [1.165, 1.54) is 0 Å². The van der Waals surface area contributed by atoms with Gasteiger partial charge in [0.1, 0.15) is 0 Å². The van der Waals surface area contributed by atoms with Gasteiger partial charge in [-0.1, -0.05) is 0 Å². The van der Waals surface area contributed by atoms with E-state index >= 15 is 0 Å². The van der Waals surface area contributed by atoms with Crippen LogP contribution < -0.4 is 5.32 Å². The molecule has 1 unspecified atom stereocenters. The van der Waals surface area contributed by atoms with Crippen molar-refractivity contribution in [3.63, 3.8) is 0 Å². The fourth-order valence-corrected chi connectivity index (χ4v) is 3.24. The number of nitrogens with one attached hydrogen (secondary N) is 1. The zero-order valence-corrected chi connectivity index (χ0v) is 11.7. The lowest BCUT2D eigenvalue weighted by Crippen LogP contribution is -2.43. The van der Waals surface area contributed by atoms with Crippen molar-refractivity contribution >= 4 is 16.3 Å². The Kier molecular flexibility index (Phi) is 3.13. The summed E-state index contributed by atoms with van der Waals surface area (Å²) in [5, 5.41) is 5.65. The van der Waals surface area contributed by atoms with Crippen molar-refractivity contribution in [2.75, 3.05) is 6.61 Å². The van der Waals surface area contributed by atoms with Crippen molar-refractivity contribution in [2.45, 2.75) is 44.9 Å². The molecule has 1 N–H and O–H groups in total. The minimum absolute atomic E-state index is 0.00443. The van der Waals surface area contributed by atoms with Crippen LogP contribution in [0.25, 0.3) is 4.96 Å². The van der Waals surface area contributed by atoms with Crippen LogP contribution in [0.2, 0.25) is 0 Å². The smallest absolute Gasteiger partial charge is 0.193 e. The van der Waals surface area contributed by atoms with Crippen molar-refractivity contribution in [1.82, 2.24) is 14.7 Å². The Bertz CT molecular complexity index is 503. The van der Waals surface area contributed by atoms with Crippen LogP contribution in [0.5, 0.6) is 0 Å². The number of aromatic nitrogens is 2. The number of imidazole rings is 1. The van der Waals surface area contributed by atoms with Crippen LogP contribution >= 0.6 is 11.3 Å². The van der Waals surface area contributed by atoms with E-state index in [1.807, 2.05) is 6.20 Å². The van der Waals surface area contributed by atoms with Crippen LogP contribution in [-0.4, -0.2) is 27.6 Å². The number of ether oxygens (including phenoxy) is 1. The Morgan fingerprint density at radius 2 is 2.50 bits per heavy atom. The minimum atomic E-state index is 0.00443. The highest BCUT2D eigenvalue weighted by Gasteiger charge is 2.28. The first-order valence-corrected chi connectivity index (χ1v) is 7.29. The van der Waals surface area contributed by atoms with Gasteiger partial charge in [0.15, 0.2) is 4.96 Å². The summed E-state index contributed by atoms with van der Waals surface area (Å²) in [6.45, 7) is 6.01. The normalized spacial score (nSPS) is 23.6. The minimum Gasteiger partial charge on any atom is -0.375 e. The lowest BCUT2D eigenvalue weighted by molar-refractivity contribution is -0.0630. The van der Waals surface area contributed by atoms with Gasteiger partial charge in [0, 0.05) is 37.0 Å². The molecule has 98 valence electrons. The first-order valence-electron chi connectivity index (χ1n) is 6.41.